The smallest absolute Gasteiger partial charge is 0.0574 e. The molecule has 2 heteroatoms. The number of hydrogen-bond donors (Lipinski definition) is 1. The lowest BCUT2D eigenvalue weighted by atomic mass is 10.2. The van der Waals surface area contributed by atoms with E-state index in [9.17, 15) is 0 Å². The first-order valence-electron chi connectivity index (χ1n) is 6.10. The maximum Gasteiger partial charge on any atom is 0.0574 e. The number of unbranched alkanes of at least 4 members (excludes halogenated alkanes) is 2. The Balaban J connectivity index is 3.60. The van der Waals surface area contributed by atoms with Gasteiger partial charge in [0.25, 0.3) is 0 Å². The zero-order valence-corrected chi connectivity index (χ0v) is 10.6. The highest BCUT2D eigenvalue weighted by atomic mass is 15.2. The van der Waals surface area contributed by atoms with E-state index in [1.165, 1.54) is 25.8 Å². The van der Waals surface area contributed by atoms with Crippen molar-refractivity contribution >= 4 is 0 Å². The van der Waals surface area contributed by atoms with Gasteiger partial charge in [0.2, 0.25) is 0 Å². The van der Waals surface area contributed by atoms with Gasteiger partial charge in [-0.2, -0.15) is 0 Å². The SMILES string of the molecule is C#CCNCCN(CCCCC)C(C)C. The lowest BCUT2D eigenvalue weighted by Crippen LogP contribution is -2.37. The molecule has 0 atom stereocenters. The summed E-state index contributed by atoms with van der Waals surface area (Å²) >= 11 is 0. The molecular weight excluding hydrogens is 184 g/mol. The summed E-state index contributed by atoms with van der Waals surface area (Å²) in [6.45, 7) is 10.7. The second-order valence-electron chi connectivity index (χ2n) is 4.22. The summed E-state index contributed by atoms with van der Waals surface area (Å²) in [5.74, 6) is 2.59. The Labute approximate surface area is 95.4 Å². The molecule has 88 valence electrons. The number of nitrogens with zero attached hydrogens (tertiary/aromatic N) is 1. The van der Waals surface area contributed by atoms with Crippen LogP contribution in [0.3, 0.4) is 0 Å². The van der Waals surface area contributed by atoms with Crippen molar-refractivity contribution in [3.63, 3.8) is 0 Å². The van der Waals surface area contributed by atoms with E-state index in [4.69, 9.17) is 6.42 Å². The summed E-state index contributed by atoms with van der Waals surface area (Å²) in [4.78, 5) is 2.51. The normalized spacial score (nSPS) is 10.9. The monoisotopic (exact) mass is 210 g/mol. The second-order valence-corrected chi connectivity index (χ2v) is 4.22. The van der Waals surface area contributed by atoms with Crippen molar-refractivity contribution in [1.82, 2.24) is 10.2 Å². The quantitative estimate of drug-likeness (QED) is 0.463. The Kier molecular flexibility index (Phi) is 9.67. The first-order chi connectivity index (χ1) is 7.22. The number of rotatable bonds is 9. The summed E-state index contributed by atoms with van der Waals surface area (Å²) in [6.07, 6.45) is 9.11. The van der Waals surface area contributed by atoms with E-state index in [0.717, 1.165) is 13.1 Å². The van der Waals surface area contributed by atoms with Gasteiger partial charge in [0.15, 0.2) is 0 Å². The first kappa shape index (κ1) is 14.5. The third kappa shape index (κ3) is 8.47. The first-order valence-corrected chi connectivity index (χ1v) is 6.10. The molecule has 0 rings (SSSR count). The predicted octanol–water partition coefficient (Wildman–Crippen LogP) is 2.11. The number of nitrogens with one attached hydrogen (secondary N) is 1. The molecule has 15 heavy (non-hydrogen) atoms. The Morgan fingerprint density at radius 3 is 2.53 bits per heavy atom. The highest BCUT2D eigenvalue weighted by Gasteiger charge is 2.07. The van der Waals surface area contributed by atoms with Crippen LogP contribution >= 0.6 is 0 Å². The van der Waals surface area contributed by atoms with Gasteiger partial charge in [0.05, 0.1) is 6.54 Å². The average Bonchev–Trinajstić information content (AvgIpc) is 2.21. The lowest BCUT2D eigenvalue weighted by molar-refractivity contribution is 0.218. The van der Waals surface area contributed by atoms with Crippen LogP contribution in [0.4, 0.5) is 0 Å². The molecule has 0 aromatic heterocycles. The molecule has 0 heterocycles. The van der Waals surface area contributed by atoms with E-state index in [2.05, 4.69) is 36.9 Å². The third-order valence-electron chi connectivity index (χ3n) is 2.58. The van der Waals surface area contributed by atoms with Crippen LogP contribution in [0, 0.1) is 12.3 Å². The van der Waals surface area contributed by atoms with Gasteiger partial charge in [-0.3, -0.25) is 4.90 Å². The summed E-state index contributed by atoms with van der Waals surface area (Å²) in [6, 6.07) is 0.634. The van der Waals surface area contributed by atoms with Crippen LogP contribution in [0.5, 0.6) is 0 Å². The molecule has 0 aliphatic rings. The molecule has 0 unspecified atom stereocenters. The molecule has 0 bridgehead atoms. The largest absolute Gasteiger partial charge is 0.305 e. The fraction of sp³-hybridized carbons (Fsp3) is 0.846. The van der Waals surface area contributed by atoms with E-state index < -0.39 is 0 Å². The molecule has 0 fully saturated rings. The lowest BCUT2D eigenvalue weighted by Gasteiger charge is -2.26. The van der Waals surface area contributed by atoms with Gasteiger partial charge in [-0.05, 0) is 26.8 Å². The molecular formula is C13H26N2. The molecule has 0 aromatic rings. The van der Waals surface area contributed by atoms with Crippen molar-refractivity contribution in [2.45, 2.75) is 46.1 Å². The van der Waals surface area contributed by atoms with Gasteiger partial charge in [-0.15, -0.1) is 6.42 Å². The van der Waals surface area contributed by atoms with Crippen LogP contribution < -0.4 is 5.32 Å². The van der Waals surface area contributed by atoms with E-state index in [1.54, 1.807) is 0 Å². The minimum atomic E-state index is 0.634. The van der Waals surface area contributed by atoms with Crippen LogP contribution in [-0.2, 0) is 0 Å². The predicted molar refractivity (Wildman–Crippen MR) is 67.9 cm³/mol. The molecule has 0 aromatic carbocycles. The molecule has 0 amide bonds. The van der Waals surface area contributed by atoms with Crippen LogP contribution in [0.15, 0.2) is 0 Å². The van der Waals surface area contributed by atoms with Crippen molar-refractivity contribution in [2.75, 3.05) is 26.2 Å². The topological polar surface area (TPSA) is 15.3 Å². The molecule has 0 aliphatic carbocycles. The number of hydrogen-bond acceptors (Lipinski definition) is 2. The number of terminal acetylenes is 1. The standard InChI is InChI=1S/C13H26N2/c1-5-7-8-11-15(13(3)4)12-10-14-9-6-2/h2,13-14H,5,7-12H2,1,3-4H3. The molecule has 0 radical (unpaired) electrons. The fourth-order valence-electron chi connectivity index (χ4n) is 1.58. The molecule has 1 N–H and O–H groups in total. The molecule has 0 saturated carbocycles. The summed E-state index contributed by atoms with van der Waals surface area (Å²) in [5, 5.41) is 3.23. The van der Waals surface area contributed by atoms with Gasteiger partial charge in [0, 0.05) is 19.1 Å². The Bertz CT molecular complexity index is 170. The van der Waals surface area contributed by atoms with E-state index in [1.807, 2.05) is 0 Å². The van der Waals surface area contributed by atoms with Crippen LogP contribution in [-0.4, -0.2) is 37.1 Å². The highest BCUT2D eigenvalue weighted by molar-refractivity contribution is 4.86. The van der Waals surface area contributed by atoms with Crippen LogP contribution in [0.25, 0.3) is 0 Å². The van der Waals surface area contributed by atoms with Gasteiger partial charge in [-0.1, -0.05) is 25.7 Å². The third-order valence-corrected chi connectivity index (χ3v) is 2.58. The minimum Gasteiger partial charge on any atom is -0.305 e. The van der Waals surface area contributed by atoms with Gasteiger partial charge in [-0.25, -0.2) is 0 Å². The van der Waals surface area contributed by atoms with Crippen LogP contribution in [0.1, 0.15) is 40.0 Å². The Morgan fingerprint density at radius 1 is 1.27 bits per heavy atom. The molecule has 0 saturated heterocycles. The highest BCUT2D eigenvalue weighted by Crippen LogP contribution is 2.02. The summed E-state index contributed by atoms with van der Waals surface area (Å²) < 4.78 is 0. The van der Waals surface area contributed by atoms with Gasteiger partial charge < -0.3 is 5.32 Å². The van der Waals surface area contributed by atoms with Crippen molar-refractivity contribution in [3.05, 3.63) is 0 Å². The Hall–Kier alpha value is -0.520. The zero-order valence-electron chi connectivity index (χ0n) is 10.6. The zero-order chi connectivity index (χ0) is 11.5. The van der Waals surface area contributed by atoms with Crippen molar-refractivity contribution < 1.29 is 0 Å². The molecule has 0 aliphatic heterocycles. The molecule has 2 nitrogen and oxygen atoms in total. The average molecular weight is 210 g/mol. The Morgan fingerprint density at radius 2 is 2.00 bits per heavy atom. The summed E-state index contributed by atoms with van der Waals surface area (Å²) in [5.41, 5.74) is 0. The van der Waals surface area contributed by atoms with Crippen LogP contribution in [0.2, 0.25) is 0 Å². The van der Waals surface area contributed by atoms with E-state index in [0.29, 0.717) is 12.6 Å². The van der Waals surface area contributed by atoms with Crippen molar-refractivity contribution in [2.24, 2.45) is 0 Å². The summed E-state index contributed by atoms with van der Waals surface area (Å²) in [7, 11) is 0. The van der Waals surface area contributed by atoms with Gasteiger partial charge >= 0.3 is 0 Å². The van der Waals surface area contributed by atoms with E-state index in [-0.39, 0.29) is 0 Å². The van der Waals surface area contributed by atoms with Gasteiger partial charge in [0.1, 0.15) is 0 Å². The second kappa shape index (κ2) is 10.0. The minimum absolute atomic E-state index is 0.634. The van der Waals surface area contributed by atoms with Crippen molar-refractivity contribution in [3.8, 4) is 12.3 Å². The maximum absolute atomic E-state index is 5.18. The fourth-order valence-corrected chi connectivity index (χ4v) is 1.58. The van der Waals surface area contributed by atoms with Crippen molar-refractivity contribution in [1.29, 1.82) is 0 Å². The molecule has 0 spiro atoms. The van der Waals surface area contributed by atoms with E-state index >= 15 is 0 Å². The maximum atomic E-state index is 5.18.